The number of carbonyl (C=O) groups excluding carboxylic acids is 1. The van der Waals surface area contributed by atoms with Crippen molar-refractivity contribution >= 4 is 11.8 Å². The highest BCUT2D eigenvalue weighted by molar-refractivity contribution is 5.78. The molecule has 1 spiro atoms. The summed E-state index contributed by atoms with van der Waals surface area (Å²) in [5.74, 6) is 0.530. The van der Waals surface area contributed by atoms with E-state index in [1.165, 1.54) is 6.20 Å². The number of rotatable bonds is 3. The summed E-state index contributed by atoms with van der Waals surface area (Å²) in [6, 6.07) is 1.33. The van der Waals surface area contributed by atoms with Gasteiger partial charge in [0.05, 0.1) is 17.9 Å². The first-order valence-corrected chi connectivity index (χ1v) is 9.34. The average Bonchev–Trinajstić information content (AvgIpc) is 3.26. The second kappa shape index (κ2) is 7.16. The first-order chi connectivity index (χ1) is 14.2. The van der Waals surface area contributed by atoms with Crippen LogP contribution in [0, 0.1) is 11.3 Å². The van der Waals surface area contributed by atoms with Gasteiger partial charge in [-0.05, 0) is 12.8 Å². The number of nitrogens with one attached hydrogen (secondary N) is 1. The number of halogens is 3. The molecule has 4 rings (SSSR count). The summed E-state index contributed by atoms with van der Waals surface area (Å²) in [6.07, 6.45) is 1.08. The zero-order valence-electron chi connectivity index (χ0n) is 16.1. The van der Waals surface area contributed by atoms with Gasteiger partial charge in [-0.3, -0.25) is 4.68 Å². The smallest absolute Gasteiger partial charge is 0.355 e. The molecule has 2 fully saturated rings. The largest absolute Gasteiger partial charge is 0.406 e. The van der Waals surface area contributed by atoms with Crippen LogP contribution in [0.3, 0.4) is 0 Å². The predicted molar refractivity (Wildman–Crippen MR) is 99.3 cm³/mol. The first kappa shape index (κ1) is 19.9. The number of nitriles is 1. The van der Waals surface area contributed by atoms with Gasteiger partial charge in [-0.15, -0.1) is 0 Å². The van der Waals surface area contributed by atoms with E-state index in [1.807, 2.05) is 11.0 Å². The summed E-state index contributed by atoms with van der Waals surface area (Å²) in [4.78, 5) is 23.6. The second-order valence-corrected chi connectivity index (χ2v) is 7.51. The van der Waals surface area contributed by atoms with Crippen LogP contribution in [0.15, 0.2) is 18.6 Å². The number of piperidine rings is 1. The molecule has 2 aromatic heterocycles. The molecule has 9 nitrogen and oxygen atoms in total. The lowest BCUT2D eigenvalue weighted by molar-refractivity contribution is -0.148. The lowest BCUT2D eigenvalue weighted by Gasteiger charge is -2.44. The maximum absolute atomic E-state index is 13.0. The van der Waals surface area contributed by atoms with Crippen LogP contribution in [0.4, 0.5) is 23.8 Å². The molecule has 2 aromatic rings. The summed E-state index contributed by atoms with van der Waals surface area (Å²) in [5.41, 5.74) is 0.357. The van der Waals surface area contributed by atoms with Gasteiger partial charge in [0, 0.05) is 38.4 Å². The highest BCUT2D eigenvalue weighted by Crippen LogP contribution is 2.36. The van der Waals surface area contributed by atoms with Crippen molar-refractivity contribution in [3.05, 3.63) is 24.3 Å². The number of hydrogen-bond acceptors (Lipinski definition) is 6. The molecule has 1 N–H and O–H groups in total. The highest BCUT2D eigenvalue weighted by Gasteiger charge is 2.50. The van der Waals surface area contributed by atoms with Crippen molar-refractivity contribution < 1.29 is 18.0 Å². The van der Waals surface area contributed by atoms with Crippen molar-refractivity contribution in [3.8, 4) is 17.3 Å². The number of urea groups is 1. The molecule has 2 saturated heterocycles. The van der Waals surface area contributed by atoms with Gasteiger partial charge in [-0.25, -0.2) is 14.8 Å². The van der Waals surface area contributed by atoms with E-state index < -0.39 is 24.3 Å². The molecule has 4 heterocycles. The summed E-state index contributed by atoms with van der Waals surface area (Å²) in [5, 5.41) is 16.0. The Kier molecular flexibility index (Phi) is 4.76. The average molecular weight is 420 g/mol. The van der Waals surface area contributed by atoms with Crippen molar-refractivity contribution in [1.29, 1.82) is 5.26 Å². The Balaban J connectivity index is 1.55. The molecule has 30 heavy (non-hydrogen) atoms. The van der Waals surface area contributed by atoms with Crippen LogP contribution in [-0.4, -0.2) is 68.6 Å². The van der Waals surface area contributed by atoms with Crippen LogP contribution < -0.4 is 10.2 Å². The molecule has 2 aliphatic heterocycles. The number of aryl methyl sites for hydroxylation is 1. The normalized spacial score (nSPS) is 18.6. The number of amides is 2. The van der Waals surface area contributed by atoms with Gasteiger partial charge in [0.15, 0.2) is 5.69 Å². The van der Waals surface area contributed by atoms with Crippen LogP contribution in [-0.2, 0) is 7.05 Å². The Morgan fingerprint density at radius 3 is 2.63 bits per heavy atom. The van der Waals surface area contributed by atoms with E-state index in [2.05, 4.69) is 20.4 Å². The molecular formula is C18H19F3N8O. The zero-order valence-corrected chi connectivity index (χ0v) is 16.1. The first-order valence-electron chi connectivity index (χ1n) is 9.34. The molecule has 2 aliphatic rings. The van der Waals surface area contributed by atoms with Crippen LogP contribution in [0.2, 0.25) is 0 Å². The number of anilines is 1. The van der Waals surface area contributed by atoms with Gasteiger partial charge in [0.2, 0.25) is 0 Å². The quantitative estimate of drug-likeness (QED) is 0.811. The lowest BCUT2D eigenvalue weighted by Crippen LogP contribution is -2.56. The molecule has 0 radical (unpaired) electrons. The van der Waals surface area contributed by atoms with Crippen LogP contribution in [0.25, 0.3) is 11.3 Å². The Morgan fingerprint density at radius 1 is 1.30 bits per heavy atom. The minimum Gasteiger partial charge on any atom is -0.355 e. The third kappa shape index (κ3) is 3.62. The van der Waals surface area contributed by atoms with Crippen LogP contribution in [0.1, 0.15) is 18.5 Å². The van der Waals surface area contributed by atoms with E-state index in [1.54, 1.807) is 24.1 Å². The minimum absolute atomic E-state index is 0.169. The van der Waals surface area contributed by atoms with Gasteiger partial charge >= 0.3 is 12.2 Å². The summed E-state index contributed by atoms with van der Waals surface area (Å²) in [6.45, 7) is -0.247. The number of alkyl halides is 3. The molecule has 2 amide bonds. The van der Waals surface area contributed by atoms with Crippen molar-refractivity contribution in [2.75, 3.05) is 31.1 Å². The van der Waals surface area contributed by atoms with Gasteiger partial charge < -0.3 is 15.1 Å². The standard InChI is InChI=1S/C18H19F3N8O/c1-27-9-12(7-25-27)15-13(6-22)23-8-14(26-15)28-4-2-17(3-5-28)10-24-16(30)29(17)11-18(19,20)21/h7-9H,2-5,10-11H2,1H3,(H,24,30). The highest BCUT2D eigenvalue weighted by atomic mass is 19.4. The van der Waals surface area contributed by atoms with Gasteiger partial charge in [-0.2, -0.15) is 23.5 Å². The fourth-order valence-electron chi connectivity index (χ4n) is 4.02. The van der Waals surface area contributed by atoms with E-state index in [0.29, 0.717) is 43.0 Å². The van der Waals surface area contributed by atoms with Crippen LogP contribution >= 0.6 is 0 Å². The molecule has 12 heteroatoms. The van der Waals surface area contributed by atoms with Crippen molar-refractivity contribution in [3.63, 3.8) is 0 Å². The maximum Gasteiger partial charge on any atom is 0.406 e. The Morgan fingerprint density at radius 2 is 2.03 bits per heavy atom. The molecule has 0 bridgehead atoms. The van der Waals surface area contributed by atoms with E-state index in [-0.39, 0.29) is 12.2 Å². The fourth-order valence-corrected chi connectivity index (χ4v) is 4.02. The summed E-state index contributed by atoms with van der Waals surface area (Å²) >= 11 is 0. The fraction of sp³-hybridized carbons (Fsp3) is 0.500. The Labute approximate surface area is 170 Å². The Hall–Kier alpha value is -3.36. The second-order valence-electron chi connectivity index (χ2n) is 7.51. The van der Waals surface area contributed by atoms with E-state index in [0.717, 1.165) is 4.90 Å². The minimum atomic E-state index is -4.46. The number of aromatic nitrogens is 4. The van der Waals surface area contributed by atoms with Crippen molar-refractivity contribution in [1.82, 2.24) is 30.0 Å². The Bertz CT molecular complexity index is 1000. The number of nitrogens with zero attached hydrogens (tertiary/aromatic N) is 7. The number of hydrogen-bond donors (Lipinski definition) is 1. The third-order valence-electron chi connectivity index (χ3n) is 5.59. The molecular weight excluding hydrogens is 401 g/mol. The molecule has 158 valence electrons. The molecule has 0 atom stereocenters. The topological polar surface area (TPSA) is 103 Å². The summed E-state index contributed by atoms with van der Waals surface area (Å²) in [7, 11) is 1.75. The zero-order chi connectivity index (χ0) is 21.5. The monoisotopic (exact) mass is 420 g/mol. The van der Waals surface area contributed by atoms with Gasteiger partial charge in [-0.1, -0.05) is 0 Å². The van der Waals surface area contributed by atoms with Gasteiger partial charge in [0.25, 0.3) is 0 Å². The van der Waals surface area contributed by atoms with Crippen LogP contribution in [0.5, 0.6) is 0 Å². The van der Waals surface area contributed by atoms with E-state index >= 15 is 0 Å². The van der Waals surface area contributed by atoms with Crippen molar-refractivity contribution in [2.45, 2.75) is 24.6 Å². The van der Waals surface area contributed by atoms with E-state index in [4.69, 9.17) is 0 Å². The molecule has 0 saturated carbocycles. The SMILES string of the molecule is Cn1cc(-c2nc(N3CCC4(CC3)CNC(=O)N4CC(F)(F)F)cnc2C#N)cn1. The third-order valence-corrected chi connectivity index (χ3v) is 5.59. The lowest BCUT2D eigenvalue weighted by atomic mass is 9.87. The molecule has 0 unspecified atom stereocenters. The van der Waals surface area contributed by atoms with Gasteiger partial charge in [0.1, 0.15) is 24.1 Å². The van der Waals surface area contributed by atoms with Crippen molar-refractivity contribution in [2.24, 2.45) is 7.05 Å². The molecule has 0 aromatic carbocycles. The number of carbonyl (C=O) groups is 1. The maximum atomic E-state index is 13.0. The predicted octanol–water partition coefficient (Wildman–Crippen LogP) is 1.68. The van der Waals surface area contributed by atoms with E-state index in [9.17, 15) is 23.2 Å². The molecule has 0 aliphatic carbocycles. The summed E-state index contributed by atoms with van der Waals surface area (Å²) < 4.78 is 40.5.